The van der Waals surface area contributed by atoms with Gasteiger partial charge < -0.3 is 4.90 Å². The van der Waals surface area contributed by atoms with E-state index >= 15 is 0 Å². The van der Waals surface area contributed by atoms with Gasteiger partial charge in [0.25, 0.3) is 0 Å². The first-order valence-electron chi connectivity index (χ1n) is 34.5. The molecule has 8 aromatic rings. The lowest BCUT2D eigenvalue weighted by atomic mass is 9.70. The SMILES string of the molecule is [2H]c1cc(-c2c([2H])c([2H])c(N(c3c([2H])c([2H])c(-c4c([2H])c([2H])c([2H])c([2H])c4[2H])c([2H])c3C([2H])([2H])[2H])c3c([2H])c([2H])c([2H])c4c3C3(c5c([2H])c([2H])c([2H])c([2H])c5-c5c([2H])c([2H])c([2H])c([2H])c53)c3c([2H])c([2H])c([2H])c([2H])c3-4)c([2H])c2C([2H])([2H])[2H])c(C([2H])([2H])[2H])c([2H])c1[2H]. The van der Waals surface area contributed by atoms with Crippen molar-refractivity contribution in [1.29, 1.82) is 0 Å². The molecule has 2 aliphatic rings. The quantitative estimate of drug-likeness (QED) is 0.171. The summed E-state index contributed by atoms with van der Waals surface area (Å²) in [5.41, 5.74) is -24.7. The fourth-order valence-corrected chi connectivity index (χ4v) is 6.87. The summed E-state index contributed by atoms with van der Waals surface area (Å²) in [7, 11) is 0. The fourth-order valence-electron chi connectivity index (χ4n) is 6.87. The zero-order valence-electron chi connectivity index (χ0n) is 64.5. The molecule has 1 heteroatoms. The van der Waals surface area contributed by atoms with Crippen LogP contribution in [0.1, 0.15) is 91.0 Å². The van der Waals surface area contributed by atoms with Gasteiger partial charge in [-0.25, -0.2) is 0 Å². The molecule has 2 aliphatic carbocycles. The number of rotatable bonds is 5. The van der Waals surface area contributed by atoms with Crippen molar-refractivity contribution < 1.29 is 52.1 Å². The predicted molar refractivity (Wildman–Crippen MR) is 223 cm³/mol. The Kier molecular flexibility index (Phi) is 2.52. The third kappa shape index (κ3) is 4.57. The molecule has 0 aromatic heterocycles. The van der Waals surface area contributed by atoms with Crippen LogP contribution in [0.2, 0.25) is 0 Å². The van der Waals surface area contributed by atoms with Gasteiger partial charge in [0.05, 0.1) is 50.9 Å². The monoisotopic (exact) mass is 716 g/mol. The van der Waals surface area contributed by atoms with Crippen LogP contribution in [0.5, 0.6) is 0 Å². The molecule has 0 N–H and O–H groups in total. The first-order chi connectivity index (χ1) is 41.7. The van der Waals surface area contributed by atoms with Gasteiger partial charge in [0.2, 0.25) is 0 Å². The lowest BCUT2D eigenvalue weighted by Crippen LogP contribution is -2.28. The number of benzene rings is 8. The Bertz CT molecular complexity index is 4570. The van der Waals surface area contributed by atoms with Crippen molar-refractivity contribution in [2.24, 2.45) is 0 Å². The van der Waals surface area contributed by atoms with E-state index in [0.717, 1.165) is 0 Å². The average molecular weight is 716 g/mol. The van der Waals surface area contributed by atoms with Gasteiger partial charge in [0, 0.05) is 29.3 Å². The molecule has 0 aliphatic heterocycles. The first kappa shape index (κ1) is 11.0. The normalized spacial score (nSPS) is 23.8. The second-order valence-corrected chi connectivity index (χ2v) is 11.6. The minimum atomic E-state index is -4.06. The first-order valence-corrected chi connectivity index (χ1v) is 15.5. The van der Waals surface area contributed by atoms with Crippen LogP contribution in [0.25, 0.3) is 44.5 Å². The van der Waals surface area contributed by atoms with E-state index in [9.17, 15) is 24.7 Å². The van der Waals surface area contributed by atoms with Crippen molar-refractivity contribution in [3.8, 4) is 44.5 Å². The van der Waals surface area contributed by atoms with E-state index in [2.05, 4.69) is 0 Å². The molecule has 0 bridgehead atoms. The molecule has 0 atom stereocenters. The van der Waals surface area contributed by atoms with Gasteiger partial charge in [-0.1, -0.05) is 151 Å². The molecule has 53 heavy (non-hydrogen) atoms. The number of fused-ring (bicyclic) bond motifs is 10. The Morgan fingerprint density at radius 3 is 1.74 bits per heavy atom. The second kappa shape index (κ2) is 12.1. The molecule has 252 valence electrons. The van der Waals surface area contributed by atoms with Crippen molar-refractivity contribution in [2.45, 2.75) is 26.0 Å². The summed E-state index contributed by atoms with van der Waals surface area (Å²) in [4.78, 5) is 0.0642. The Labute approximate surface area is 365 Å². The van der Waals surface area contributed by atoms with Crippen molar-refractivity contribution in [3.05, 3.63) is 220 Å². The number of hydrogen-bond acceptors (Lipinski definition) is 1. The third-order valence-corrected chi connectivity index (χ3v) is 8.95. The molecular formula is C52H39N. The van der Waals surface area contributed by atoms with E-state index in [4.69, 9.17) is 27.4 Å². The lowest BCUT2D eigenvalue weighted by Gasteiger charge is -2.36. The minimum absolute atomic E-state index is 0.0642. The topological polar surface area (TPSA) is 3.24 Å². The van der Waals surface area contributed by atoms with E-state index in [1.165, 1.54) is 0 Å². The number of anilines is 3. The van der Waals surface area contributed by atoms with Gasteiger partial charge in [0.15, 0.2) is 0 Å². The Balaban J connectivity index is 1.61. The third-order valence-electron chi connectivity index (χ3n) is 8.95. The molecule has 0 fully saturated rings. The summed E-state index contributed by atoms with van der Waals surface area (Å²) in [5, 5.41) is 0. The summed E-state index contributed by atoms with van der Waals surface area (Å²) < 4.78 is 350. The molecule has 0 amide bonds. The zero-order chi connectivity index (χ0) is 68.4. The number of hydrogen-bond donors (Lipinski definition) is 0. The Hall–Kier alpha value is -6.44. The molecule has 0 radical (unpaired) electrons. The van der Waals surface area contributed by atoms with Crippen LogP contribution in [0.15, 0.2) is 181 Å². The fraction of sp³-hybridized carbons (Fsp3) is 0.0769. The van der Waals surface area contributed by atoms with E-state index in [1.54, 1.807) is 0 Å². The molecule has 0 heterocycles. The van der Waals surface area contributed by atoms with Crippen LogP contribution in [0.4, 0.5) is 17.1 Å². The second-order valence-electron chi connectivity index (χ2n) is 11.6. The van der Waals surface area contributed by atoms with E-state index in [-0.39, 0.29) is 4.90 Å². The van der Waals surface area contributed by atoms with Crippen molar-refractivity contribution in [2.75, 3.05) is 4.90 Å². The van der Waals surface area contributed by atoms with E-state index in [0.29, 0.717) is 6.07 Å². The molecule has 0 unspecified atom stereocenters. The summed E-state index contributed by atoms with van der Waals surface area (Å²) in [6, 6.07) is -36.0. The average Bonchev–Trinajstić information content (AvgIpc) is 1.48. The smallest absolute Gasteiger partial charge is 0.0746 e. The van der Waals surface area contributed by atoms with Gasteiger partial charge in [-0.3, -0.25) is 0 Å². The summed E-state index contributed by atoms with van der Waals surface area (Å²) in [6.07, 6.45) is 0. The van der Waals surface area contributed by atoms with Crippen LogP contribution >= 0.6 is 0 Å². The molecule has 10 rings (SSSR count). The molecule has 8 aromatic carbocycles. The predicted octanol–water partition coefficient (Wildman–Crippen LogP) is 13.8. The van der Waals surface area contributed by atoms with Crippen molar-refractivity contribution >= 4 is 17.1 Å². The maximum atomic E-state index is 10.2. The summed E-state index contributed by atoms with van der Waals surface area (Å²) in [5.74, 6) is 0. The molecule has 1 nitrogen and oxygen atoms in total. The van der Waals surface area contributed by atoms with E-state index in [1.807, 2.05) is 0 Å². The van der Waals surface area contributed by atoms with Gasteiger partial charge >= 0.3 is 0 Å². The van der Waals surface area contributed by atoms with Crippen molar-refractivity contribution in [3.63, 3.8) is 0 Å². The van der Waals surface area contributed by atoms with Gasteiger partial charge in [0.1, 0.15) is 0 Å². The van der Waals surface area contributed by atoms with Crippen LogP contribution in [0.3, 0.4) is 0 Å². The van der Waals surface area contributed by atoms with Crippen LogP contribution in [-0.2, 0) is 5.41 Å². The highest BCUT2D eigenvalue weighted by Gasteiger charge is 2.53. The van der Waals surface area contributed by atoms with Crippen molar-refractivity contribution in [1.82, 2.24) is 0 Å². The molecule has 0 saturated carbocycles. The standard InChI is InChI=1S/C52H39N/c1-34-16-7-8-19-40(34)41-30-29-39(33-35(41)2)53(49-31-28-38(32-36(49)3)37-17-5-4-6-18-37)50-27-15-23-45-44-22-11-14-26-48(44)52(51(45)50)46-24-12-9-20-42(46)43-21-10-13-25-47(43)52/h4-33H,1-3H3/i1D3,2D3,3D3,4D,5D,6D,7D,8D,9D,10D,11D,12D,13D,14D,15D,16D,17D,18D,20D,21D,22D,23D,24D,25D,26D,27D,28D,29D,30D,31D,32D,33D. The molecule has 0 saturated heterocycles. The Morgan fingerprint density at radius 1 is 0.415 bits per heavy atom. The van der Waals surface area contributed by atoms with Gasteiger partial charge in [-0.05, 0) is 129 Å². The maximum absolute atomic E-state index is 10.2. The van der Waals surface area contributed by atoms with E-state index < -0.39 is 302 Å². The minimum Gasteiger partial charge on any atom is -0.310 e. The zero-order valence-corrected chi connectivity index (χ0v) is 26.5. The maximum Gasteiger partial charge on any atom is 0.0746 e. The number of nitrogens with zero attached hydrogens (tertiary/aromatic N) is 1. The summed E-state index contributed by atoms with van der Waals surface area (Å²) >= 11 is 0. The lowest BCUT2D eigenvalue weighted by molar-refractivity contribution is 0.793. The van der Waals surface area contributed by atoms with Gasteiger partial charge in [-0.15, -0.1) is 0 Å². The van der Waals surface area contributed by atoms with Crippen LogP contribution in [0, 0.1) is 20.6 Å². The highest BCUT2D eigenvalue weighted by molar-refractivity contribution is 6.00. The summed E-state index contributed by atoms with van der Waals surface area (Å²) in [6.45, 7) is -11.6. The van der Waals surface area contributed by atoms with Crippen LogP contribution < -0.4 is 4.90 Å². The van der Waals surface area contributed by atoms with Crippen LogP contribution in [-0.4, -0.2) is 0 Å². The van der Waals surface area contributed by atoms with Gasteiger partial charge in [-0.2, -0.15) is 0 Å². The Morgan fingerprint density at radius 2 is 1.04 bits per heavy atom. The molecule has 1 spiro atoms. The largest absolute Gasteiger partial charge is 0.310 e. The highest BCUT2D eigenvalue weighted by Crippen LogP contribution is 2.65. The highest BCUT2D eigenvalue weighted by atomic mass is 15.1. The molecular weight excluding hydrogens is 639 g/mol.